The van der Waals surface area contributed by atoms with Crippen molar-refractivity contribution >= 4 is 5.97 Å². The quantitative estimate of drug-likeness (QED) is 0.756. The SMILES string of the molecule is CN(C)CCOC(=O)c1ccc(F)c(OC2(C)CCCC2)c1. The van der Waals surface area contributed by atoms with E-state index < -0.39 is 11.8 Å². The average molecular weight is 309 g/mol. The molecule has 0 spiro atoms. The van der Waals surface area contributed by atoms with Gasteiger partial charge in [-0.2, -0.15) is 0 Å². The number of likely N-dealkylation sites (N-methyl/N-ethyl adjacent to an activating group) is 1. The third kappa shape index (κ3) is 4.44. The van der Waals surface area contributed by atoms with Crippen LogP contribution in [0.1, 0.15) is 43.0 Å². The zero-order chi connectivity index (χ0) is 16.2. The van der Waals surface area contributed by atoms with Crippen molar-refractivity contribution in [2.75, 3.05) is 27.2 Å². The number of ether oxygens (including phenoxy) is 2. The van der Waals surface area contributed by atoms with Gasteiger partial charge < -0.3 is 14.4 Å². The van der Waals surface area contributed by atoms with Gasteiger partial charge >= 0.3 is 5.97 Å². The van der Waals surface area contributed by atoms with E-state index in [9.17, 15) is 9.18 Å². The number of carbonyl (C=O) groups excluding carboxylic acids is 1. The molecule has 1 fully saturated rings. The summed E-state index contributed by atoms with van der Waals surface area (Å²) in [6, 6.07) is 4.13. The second kappa shape index (κ2) is 7.09. The van der Waals surface area contributed by atoms with Crippen LogP contribution in [0.15, 0.2) is 18.2 Å². The van der Waals surface area contributed by atoms with Crippen LogP contribution in [0.5, 0.6) is 5.75 Å². The number of hydrogen-bond donors (Lipinski definition) is 0. The smallest absolute Gasteiger partial charge is 0.338 e. The molecule has 1 saturated carbocycles. The number of rotatable bonds is 6. The zero-order valence-electron chi connectivity index (χ0n) is 13.5. The molecular formula is C17H24FNO3. The second-order valence-electron chi connectivity index (χ2n) is 6.34. The highest BCUT2D eigenvalue weighted by Gasteiger charge is 2.31. The van der Waals surface area contributed by atoms with Gasteiger partial charge in [-0.1, -0.05) is 0 Å². The van der Waals surface area contributed by atoms with Gasteiger partial charge in [-0.15, -0.1) is 0 Å². The monoisotopic (exact) mass is 309 g/mol. The zero-order valence-corrected chi connectivity index (χ0v) is 13.5. The molecule has 0 amide bonds. The van der Waals surface area contributed by atoms with Gasteiger partial charge in [0.25, 0.3) is 0 Å². The van der Waals surface area contributed by atoms with Gasteiger partial charge in [-0.3, -0.25) is 0 Å². The summed E-state index contributed by atoms with van der Waals surface area (Å²) in [7, 11) is 3.81. The minimum absolute atomic E-state index is 0.131. The molecule has 0 radical (unpaired) electrons. The Hall–Kier alpha value is -1.62. The summed E-state index contributed by atoms with van der Waals surface area (Å²) in [5.41, 5.74) is -0.0226. The van der Waals surface area contributed by atoms with Crippen LogP contribution in [-0.2, 0) is 4.74 Å². The maximum atomic E-state index is 13.9. The highest BCUT2D eigenvalue weighted by Crippen LogP contribution is 2.35. The highest BCUT2D eigenvalue weighted by atomic mass is 19.1. The molecule has 1 aromatic carbocycles. The molecule has 0 heterocycles. The van der Waals surface area contributed by atoms with Crippen LogP contribution in [0.25, 0.3) is 0 Å². The second-order valence-corrected chi connectivity index (χ2v) is 6.34. The van der Waals surface area contributed by atoms with Crippen molar-refractivity contribution in [3.05, 3.63) is 29.6 Å². The first-order valence-electron chi connectivity index (χ1n) is 7.70. The van der Waals surface area contributed by atoms with E-state index in [0.29, 0.717) is 18.7 Å². The third-order valence-electron chi connectivity index (χ3n) is 3.96. The third-order valence-corrected chi connectivity index (χ3v) is 3.96. The van der Waals surface area contributed by atoms with E-state index in [4.69, 9.17) is 9.47 Å². The minimum Gasteiger partial charge on any atom is -0.484 e. The van der Waals surface area contributed by atoms with Gasteiger partial charge in [0.2, 0.25) is 0 Å². The van der Waals surface area contributed by atoms with Gasteiger partial charge in [0, 0.05) is 6.54 Å². The summed E-state index contributed by atoms with van der Waals surface area (Å²) in [5, 5.41) is 0. The lowest BCUT2D eigenvalue weighted by Gasteiger charge is -2.26. The summed E-state index contributed by atoms with van der Waals surface area (Å²) in [4.78, 5) is 13.9. The van der Waals surface area contributed by atoms with Gasteiger partial charge in [-0.05, 0) is 64.9 Å². The van der Waals surface area contributed by atoms with Crippen LogP contribution in [0, 0.1) is 5.82 Å². The van der Waals surface area contributed by atoms with Crippen molar-refractivity contribution in [2.24, 2.45) is 0 Å². The lowest BCUT2D eigenvalue weighted by atomic mass is 10.1. The Balaban J connectivity index is 2.04. The molecule has 1 aliphatic rings. The summed E-state index contributed by atoms with van der Waals surface area (Å²) in [5.74, 6) is -0.771. The van der Waals surface area contributed by atoms with E-state index >= 15 is 0 Å². The molecule has 122 valence electrons. The number of hydrogen-bond acceptors (Lipinski definition) is 4. The lowest BCUT2D eigenvalue weighted by Crippen LogP contribution is -2.28. The van der Waals surface area contributed by atoms with Gasteiger partial charge in [-0.25, -0.2) is 9.18 Å². The fourth-order valence-corrected chi connectivity index (χ4v) is 2.60. The Morgan fingerprint density at radius 2 is 2.00 bits per heavy atom. The molecule has 1 aromatic rings. The van der Waals surface area contributed by atoms with E-state index in [1.54, 1.807) is 0 Å². The Labute approximate surface area is 131 Å². The summed E-state index contributed by atoms with van der Waals surface area (Å²) >= 11 is 0. The van der Waals surface area contributed by atoms with Crippen LogP contribution >= 0.6 is 0 Å². The predicted octanol–water partition coefficient (Wildman–Crippen LogP) is 3.26. The lowest BCUT2D eigenvalue weighted by molar-refractivity contribution is 0.0478. The molecule has 2 rings (SSSR count). The van der Waals surface area contributed by atoms with E-state index in [0.717, 1.165) is 25.7 Å². The molecule has 0 unspecified atom stereocenters. The molecule has 0 aliphatic heterocycles. The van der Waals surface area contributed by atoms with Crippen molar-refractivity contribution in [1.82, 2.24) is 4.90 Å². The molecule has 5 heteroatoms. The van der Waals surface area contributed by atoms with E-state index in [1.165, 1.54) is 18.2 Å². The maximum Gasteiger partial charge on any atom is 0.338 e. The van der Waals surface area contributed by atoms with Crippen LogP contribution < -0.4 is 4.74 Å². The van der Waals surface area contributed by atoms with Crippen molar-refractivity contribution in [3.63, 3.8) is 0 Å². The van der Waals surface area contributed by atoms with Crippen LogP contribution in [0.2, 0.25) is 0 Å². The fourth-order valence-electron chi connectivity index (χ4n) is 2.60. The van der Waals surface area contributed by atoms with Crippen molar-refractivity contribution in [1.29, 1.82) is 0 Å². The van der Waals surface area contributed by atoms with Crippen LogP contribution in [-0.4, -0.2) is 43.7 Å². The number of nitrogens with zero attached hydrogens (tertiary/aromatic N) is 1. The number of benzene rings is 1. The van der Waals surface area contributed by atoms with Crippen LogP contribution in [0.4, 0.5) is 4.39 Å². The molecule has 22 heavy (non-hydrogen) atoms. The highest BCUT2D eigenvalue weighted by molar-refractivity contribution is 5.89. The van der Waals surface area contributed by atoms with Crippen molar-refractivity contribution in [3.8, 4) is 5.75 Å². The molecule has 1 aliphatic carbocycles. The van der Waals surface area contributed by atoms with Gasteiger partial charge in [0.05, 0.1) is 5.56 Å². The first-order valence-corrected chi connectivity index (χ1v) is 7.70. The number of carbonyl (C=O) groups is 1. The topological polar surface area (TPSA) is 38.8 Å². The van der Waals surface area contributed by atoms with Crippen molar-refractivity contribution in [2.45, 2.75) is 38.2 Å². The Bertz CT molecular complexity index is 525. The number of halogens is 1. The summed E-state index contributed by atoms with van der Waals surface area (Å²) in [6.45, 7) is 2.94. The molecule has 0 N–H and O–H groups in total. The summed E-state index contributed by atoms with van der Waals surface area (Å²) < 4.78 is 24.9. The molecule has 0 aromatic heterocycles. The predicted molar refractivity (Wildman–Crippen MR) is 82.7 cm³/mol. The Morgan fingerprint density at radius 3 is 2.64 bits per heavy atom. The molecular weight excluding hydrogens is 285 g/mol. The standard InChI is InChI=1S/C17H24FNO3/c1-17(8-4-5-9-17)22-15-12-13(6-7-14(15)18)16(20)21-11-10-19(2)3/h6-7,12H,4-5,8-11H2,1-3H3. The summed E-state index contributed by atoms with van der Waals surface area (Å²) in [6.07, 6.45) is 3.99. The Morgan fingerprint density at radius 1 is 1.32 bits per heavy atom. The normalized spacial score (nSPS) is 16.8. The molecule has 0 saturated heterocycles. The maximum absolute atomic E-state index is 13.9. The first kappa shape index (κ1) is 16.7. The number of esters is 1. The van der Waals surface area contributed by atoms with Crippen LogP contribution in [0.3, 0.4) is 0 Å². The minimum atomic E-state index is -0.455. The first-order chi connectivity index (χ1) is 10.4. The van der Waals surface area contributed by atoms with E-state index in [-0.39, 0.29) is 11.4 Å². The fraction of sp³-hybridized carbons (Fsp3) is 0.588. The van der Waals surface area contributed by atoms with E-state index in [2.05, 4.69) is 0 Å². The molecule has 0 bridgehead atoms. The van der Waals surface area contributed by atoms with Gasteiger partial charge in [0.15, 0.2) is 11.6 Å². The molecule has 0 atom stereocenters. The largest absolute Gasteiger partial charge is 0.484 e. The molecule has 4 nitrogen and oxygen atoms in total. The van der Waals surface area contributed by atoms with E-state index in [1.807, 2.05) is 25.9 Å². The Kier molecular flexibility index (Phi) is 5.40. The average Bonchev–Trinajstić information content (AvgIpc) is 2.87. The van der Waals surface area contributed by atoms with Gasteiger partial charge in [0.1, 0.15) is 12.2 Å². The van der Waals surface area contributed by atoms with Crippen molar-refractivity contribution < 1.29 is 18.7 Å².